The number of benzene rings is 1. The molecule has 0 radical (unpaired) electrons. The van der Waals surface area contributed by atoms with Crippen molar-refractivity contribution >= 4 is 17.9 Å². The monoisotopic (exact) mass is 330 g/mol. The summed E-state index contributed by atoms with van der Waals surface area (Å²) < 4.78 is 5.45. The van der Waals surface area contributed by atoms with Crippen LogP contribution in [0.5, 0.6) is 0 Å². The maximum atomic E-state index is 12.4. The second-order valence-corrected chi connectivity index (χ2v) is 5.56. The molecule has 3 amide bonds. The lowest BCUT2D eigenvalue weighted by Crippen LogP contribution is -2.43. The summed E-state index contributed by atoms with van der Waals surface area (Å²) >= 11 is 0. The Balaban J connectivity index is 2.11. The largest absolute Gasteiger partial charge is 0.447 e. The van der Waals surface area contributed by atoms with Crippen molar-refractivity contribution in [2.75, 3.05) is 6.54 Å². The minimum Gasteiger partial charge on any atom is -0.447 e. The summed E-state index contributed by atoms with van der Waals surface area (Å²) in [6.07, 6.45) is 4.96. The number of amides is 3. The third-order valence-electron chi connectivity index (χ3n) is 3.75. The first-order valence-electron chi connectivity index (χ1n) is 8.11. The van der Waals surface area contributed by atoms with Crippen molar-refractivity contribution in [2.45, 2.75) is 32.3 Å². The third kappa shape index (κ3) is 4.94. The number of carbonyl (C=O) groups excluding carboxylic acids is 3. The van der Waals surface area contributed by atoms with E-state index in [9.17, 15) is 14.4 Å². The number of ether oxygens (including phenoxy) is 1. The molecule has 0 spiro atoms. The van der Waals surface area contributed by atoms with E-state index in [2.05, 4.69) is 10.6 Å². The zero-order valence-corrected chi connectivity index (χ0v) is 13.7. The fraction of sp³-hybridized carbons (Fsp3) is 0.389. The van der Waals surface area contributed by atoms with Crippen molar-refractivity contribution in [3.05, 3.63) is 48.0 Å². The molecule has 1 aliphatic carbocycles. The molecule has 2 atom stereocenters. The van der Waals surface area contributed by atoms with Gasteiger partial charge in [-0.15, -0.1) is 0 Å². The number of hydrogen-bond donors (Lipinski definition) is 2. The predicted octanol–water partition coefficient (Wildman–Crippen LogP) is 2.47. The Morgan fingerprint density at radius 1 is 1.21 bits per heavy atom. The Labute approximate surface area is 141 Å². The number of hydrogen-bond acceptors (Lipinski definition) is 4. The van der Waals surface area contributed by atoms with Crippen LogP contribution in [0.3, 0.4) is 0 Å². The van der Waals surface area contributed by atoms with Gasteiger partial charge in [0, 0.05) is 12.1 Å². The van der Waals surface area contributed by atoms with Crippen molar-refractivity contribution in [2.24, 2.45) is 5.92 Å². The van der Waals surface area contributed by atoms with E-state index in [1.165, 1.54) is 0 Å². The molecule has 0 heterocycles. The molecule has 1 aromatic rings. The van der Waals surface area contributed by atoms with Gasteiger partial charge in [-0.25, -0.2) is 4.79 Å². The summed E-state index contributed by atoms with van der Waals surface area (Å²) in [6, 6.07) is 8.07. The molecule has 0 aliphatic heterocycles. The lowest BCUT2D eigenvalue weighted by atomic mass is 9.94. The van der Waals surface area contributed by atoms with Gasteiger partial charge in [-0.1, -0.05) is 42.5 Å². The summed E-state index contributed by atoms with van der Waals surface area (Å²) in [7, 11) is 0. The van der Waals surface area contributed by atoms with E-state index in [0.29, 0.717) is 24.9 Å². The number of esters is 1. The molecule has 0 aromatic heterocycles. The number of nitrogens with one attached hydrogen (secondary N) is 2. The van der Waals surface area contributed by atoms with E-state index in [-0.39, 0.29) is 5.92 Å². The van der Waals surface area contributed by atoms with Gasteiger partial charge in [0.1, 0.15) is 0 Å². The zero-order chi connectivity index (χ0) is 17.4. The SMILES string of the molecule is CCNC(=O)NC(=O)[C@H](OC(=O)[C@@H]1CC=CCC1)c1ccccc1. The fourth-order valence-electron chi connectivity index (χ4n) is 2.50. The van der Waals surface area contributed by atoms with Crippen molar-refractivity contribution in [1.82, 2.24) is 10.6 Å². The molecule has 0 saturated heterocycles. The van der Waals surface area contributed by atoms with Gasteiger partial charge in [0.05, 0.1) is 5.92 Å². The van der Waals surface area contributed by atoms with E-state index in [1.54, 1.807) is 37.3 Å². The quantitative estimate of drug-likeness (QED) is 0.641. The number of carbonyl (C=O) groups is 3. The number of rotatable bonds is 5. The standard InChI is InChI=1S/C18H22N2O4/c1-2-19-18(23)20-16(21)15(13-9-5-3-6-10-13)24-17(22)14-11-7-4-8-12-14/h3-7,9-10,14-15H,2,8,11-12H2,1H3,(H2,19,20,21,23)/t14-,15-/m1/s1. The summed E-state index contributed by atoms with van der Waals surface area (Å²) in [5, 5.41) is 4.69. The van der Waals surface area contributed by atoms with Crippen LogP contribution in [0.1, 0.15) is 37.9 Å². The second-order valence-electron chi connectivity index (χ2n) is 5.56. The molecule has 128 valence electrons. The van der Waals surface area contributed by atoms with Gasteiger partial charge in [-0.3, -0.25) is 14.9 Å². The van der Waals surface area contributed by atoms with Crippen LogP contribution in [0.15, 0.2) is 42.5 Å². The lowest BCUT2D eigenvalue weighted by Gasteiger charge is -2.22. The topological polar surface area (TPSA) is 84.5 Å². The van der Waals surface area contributed by atoms with Crippen molar-refractivity contribution in [1.29, 1.82) is 0 Å². The maximum absolute atomic E-state index is 12.4. The van der Waals surface area contributed by atoms with Crippen LogP contribution >= 0.6 is 0 Å². The Kier molecular flexibility index (Phi) is 6.54. The first-order chi connectivity index (χ1) is 11.6. The average molecular weight is 330 g/mol. The second kappa shape index (κ2) is 8.86. The highest BCUT2D eigenvalue weighted by Crippen LogP contribution is 2.24. The van der Waals surface area contributed by atoms with Crippen LogP contribution < -0.4 is 10.6 Å². The summed E-state index contributed by atoms with van der Waals surface area (Å²) in [6.45, 7) is 2.14. The molecular formula is C18H22N2O4. The fourth-order valence-corrected chi connectivity index (χ4v) is 2.50. The van der Waals surface area contributed by atoms with Crippen LogP contribution in [0.4, 0.5) is 4.79 Å². The van der Waals surface area contributed by atoms with Crippen LogP contribution in [-0.4, -0.2) is 24.5 Å². The van der Waals surface area contributed by atoms with Crippen LogP contribution in [0, 0.1) is 5.92 Å². The van der Waals surface area contributed by atoms with Gasteiger partial charge in [0.15, 0.2) is 0 Å². The highest BCUT2D eigenvalue weighted by atomic mass is 16.5. The van der Waals surface area contributed by atoms with Gasteiger partial charge in [-0.05, 0) is 26.2 Å². The van der Waals surface area contributed by atoms with E-state index < -0.39 is 24.0 Å². The van der Waals surface area contributed by atoms with Gasteiger partial charge < -0.3 is 10.1 Å². The molecule has 0 fully saturated rings. The molecule has 0 saturated carbocycles. The van der Waals surface area contributed by atoms with Gasteiger partial charge in [0.25, 0.3) is 5.91 Å². The van der Waals surface area contributed by atoms with Gasteiger partial charge >= 0.3 is 12.0 Å². The minimum atomic E-state index is -1.15. The van der Waals surface area contributed by atoms with Crippen LogP contribution in [0.2, 0.25) is 0 Å². The van der Waals surface area contributed by atoms with Crippen molar-refractivity contribution in [3.63, 3.8) is 0 Å². The molecule has 0 bridgehead atoms. The molecule has 1 aliphatic rings. The Morgan fingerprint density at radius 2 is 1.96 bits per heavy atom. The Morgan fingerprint density at radius 3 is 2.58 bits per heavy atom. The third-order valence-corrected chi connectivity index (χ3v) is 3.75. The molecule has 24 heavy (non-hydrogen) atoms. The van der Waals surface area contributed by atoms with Crippen molar-refractivity contribution in [3.8, 4) is 0 Å². The Hall–Kier alpha value is -2.63. The van der Waals surface area contributed by atoms with Crippen LogP contribution in [-0.2, 0) is 14.3 Å². The Bertz CT molecular complexity index is 613. The smallest absolute Gasteiger partial charge is 0.321 e. The first kappa shape index (κ1) is 17.7. The first-order valence-corrected chi connectivity index (χ1v) is 8.11. The van der Waals surface area contributed by atoms with E-state index in [0.717, 1.165) is 6.42 Å². The highest BCUT2D eigenvalue weighted by molar-refractivity contribution is 5.97. The lowest BCUT2D eigenvalue weighted by molar-refractivity contribution is -0.160. The average Bonchev–Trinajstić information content (AvgIpc) is 2.61. The van der Waals surface area contributed by atoms with Gasteiger partial charge in [0.2, 0.25) is 6.10 Å². The van der Waals surface area contributed by atoms with E-state index in [1.807, 2.05) is 12.2 Å². The molecule has 2 N–H and O–H groups in total. The zero-order valence-electron chi connectivity index (χ0n) is 13.7. The normalized spacial score (nSPS) is 17.6. The summed E-state index contributed by atoms with van der Waals surface area (Å²) in [5.41, 5.74) is 0.527. The predicted molar refractivity (Wildman–Crippen MR) is 89.0 cm³/mol. The van der Waals surface area contributed by atoms with Gasteiger partial charge in [-0.2, -0.15) is 0 Å². The molecule has 6 heteroatoms. The van der Waals surface area contributed by atoms with Crippen molar-refractivity contribution < 1.29 is 19.1 Å². The highest BCUT2D eigenvalue weighted by Gasteiger charge is 2.29. The van der Waals surface area contributed by atoms with E-state index >= 15 is 0 Å². The van der Waals surface area contributed by atoms with E-state index in [4.69, 9.17) is 4.74 Å². The molecule has 0 unspecified atom stereocenters. The van der Waals surface area contributed by atoms with Crippen LogP contribution in [0.25, 0.3) is 0 Å². The molecule has 2 rings (SSSR count). The molecule has 1 aromatic carbocycles. The summed E-state index contributed by atoms with van der Waals surface area (Å²) in [4.78, 5) is 36.3. The number of allylic oxidation sites excluding steroid dienone is 2. The number of urea groups is 1. The summed E-state index contributed by atoms with van der Waals surface area (Å²) in [5.74, 6) is -1.33. The molecular weight excluding hydrogens is 308 g/mol. The molecule has 6 nitrogen and oxygen atoms in total. The number of imide groups is 1. The maximum Gasteiger partial charge on any atom is 0.321 e. The minimum absolute atomic E-state index is 0.251.